The number of benzene rings is 1. The molecule has 0 aliphatic rings. The van der Waals surface area contributed by atoms with Crippen LogP contribution >= 0.6 is 0 Å². The Bertz CT molecular complexity index is 628. The fraction of sp³-hybridized carbons (Fsp3) is 0.357. The van der Waals surface area contributed by atoms with Gasteiger partial charge in [0.15, 0.2) is 5.69 Å². The van der Waals surface area contributed by atoms with Gasteiger partial charge < -0.3 is 15.1 Å². The third-order valence-corrected chi connectivity index (χ3v) is 3.11. The summed E-state index contributed by atoms with van der Waals surface area (Å²) in [5.41, 5.74) is 1.11. The van der Waals surface area contributed by atoms with Crippen LogP contribution in [0.25, 0.3) is 10.9 Å². The lowest BCUT2D eigenvalue weighted by molar-refractivity contribution is 0.0690. The molecule has 2 aromatic rings. The van der Waals surface area contributed by atoms with Crippen molar-refractivity contribution >= 4 is 22.6 Å². The lowest BCUT2D eigenvalue weighted by Crippen LogP contribution is -2.25. The highest BCUT2D eigenvalue weighted by molar-refractivity contribution is 6.02. The van der Waals surface area contributed by atoms with E-state index in [0.29, 0.717) is 24.2 Å². The fourth-order valence-electron chi connectivity index (χ4n) is 2.06. The van der Waals surface area contributed by atoms with Gasteiger partial charge in [0.25, 0.3) is 0 Å². The molecule has 1 atom stereocenters. The standard InChI is InChI=1S/C14H17N3O3/c1-9(18)7-8-17(2)13-10-5-3-4-6-11(10)15-16-12(13)14(19)20/h3-6,9,18H,7-8H2,1-2H3,(H,19,20). The Labute approximate surface area is 116 Å². The first kappa shape index (κ1) is 14.2. The van der Waals surface area contributed by atoms with Gasteiger partial charge >= 0.3 is 5.97 Å². The van der Waals surface area contributed by atoms with Crippen LogP contribution in [0.4, 0.5) is 5.69 Å². The number of carboxylic acids is 1. The molecule has 2 rings (SSSR count). The van der Waals surface area contributed by atoms with Gasteiger partial charge in [0, 0.05) is 19.0 Å². The lowest BCUT2D eigenvalue weighted by Gasteiger charge is -2.22. The van der Waals surface area contributed by atoms with Crippen molar-refractivity contribution < 1.29 is 15.0 Å². The number of rotatable bonds is 5. The van der Waals surface area contributed by atoms with Gasteiger partial charge in [-0.05, 0) is 19.4 Å². The molecule has 6 heteroatoms. The van der Waals surface area contributed by atoms with E-state index in [1.807, 2.05) is 18.2 Å². The van der Waals surface area contributed by atoms with Crippen LogP contribution in [0.3, 0.4) is 0 Å². The largest absolute Gasteiger partial charge is 0.476 e. The zero-order chi connectivity index (χ0) is 14.7. The molecule has 0 fully saturated rings. The highest BCUT2D eigenvalue weighted by Crippen LogP contribution is 2.27. The quantitative estimate of drug-likeness (QED) is 0.860. The van der Waals surface area contributed by atoms with Crippen LogP contribution in [0.15, 0.2) is 24.3 Å². The first-order valence-electron chi connectivity index (χ1n) is 6.38. The van der Waals surface area contributed by atoms with Gasteiger partial charge in [0.2, 0.25) is 0 Å². The second-order valence-corrected chi connectivity index (χ2v) is 4.78. The van der Waals surface area contributed by atoms with Gasteiger partial charge in [-0.3, -0.25) is 0 Å². The van der Waals surface area contributed by atoms with Crippen LogP contribution in [0, 0.1) is 0 Å². The zero-order valence-electron chi connectivity index (χ0n) is 11.4. The number of aliphatic hydroxyl groups is 1. The molecule has 0 saturated heterocycles. The van der Waals surface area contributed by atoms with Gasteiger partial charge in [-0.25, -0.2) is 4.79 Å². The molecular formula is C14H17N3O3. The summed E-state index contributed by atoms with van der Waals surface area (Å²) in [5.74, 6) is -1.11. The summed E-state index contributed by atoms with van der Waals surface area (Å²) >= 11 is 0. The van der Waals surface area contributed by atoms with E-state index in [4.69, 9.17) is 0 Å². The molecule has 0 aliphatic carbocycles. The summed E-state index contributed by atoms with van der Waals surface area (Å²) in [4.78, 5) is 13.1. The number of aromatic carboxylic acids is 1. The summed E-state index contributed by atoms with van der Waals surface area (Å²) in [6.07, 6.45) is 0.110. The normalized spacial score (nSPS) is 12.3. The minimum atomic E-state index is -1.11. The second-order valence-electron chi connectivity index (χ2n) is 4.78. The van der Waals surface area contributed by atoms with Crippen LogP contribution in [0.1, 0.15) is 23.8 Å². The van der Waals surface area contributed by atoms with Crippen molar-refractivity contribution in [2.24, 2.45) is 0 Å². The SMILES string of the molecule is CC(O)CCN(C)c1c(C(=O)O)nnc2ccccc12. The van der Waals surface area contributed by atoms with Crippen molar-refractivity contribution in [1.82, 2.24) is 10.2 Å². The van der Waals surface area contributed by atoms with Gasteiger partial charge in [-0.15, -0.1) is 10.2 Å². The van der Waals surface area contributed by atoms with Crippen LogP contribution in [0.5, 0.6) is 0 Å². The van der Waals surface area contributed by atoms with E-state index < -0.39 is 12.1 Å². The summed E-state index contributed by atoms with van der Waals surface area (Å²) in [5, 5.41) is 27.1. The van der Waals surface area contributed by atoms with E-state index in [1.165, 1.54) is 0 Å². The van der Waals surface area contributed by atoms with E-state index in [0.717, 1.165) is 5.39 Å². The predicted octanol–water partition coefficient (Wildman–Crippen LogP) is 1.54. The van der Waals surface area contributed by atoms with E-state index in [9.17, 15) is 15.0 Å². The maximum atomic E-state index is 11.3. The smallest absolute Gasteiger partial charge is 0.358 e. The Morgan fingerprint density at radius 1 is 1.35 bits per heavy atom. The molecule has 0 radical (unpaired) electrons. The Hall–Kier alpha value is -2.21. The first-order valence-corrected chi connectivity index (χ1v) is 6.38. The van der Waals surface area contributed by atoms with E-state index in [1.54, 1.807) is 24.9 Å². The van der Waals surface area contributed by atoms with Crippen molar-refractivity contribution in [3.05, 3.63) is 30.0 Å². The third-order valence-electron chi connectivity index (χ3n) is 3.11. The third kappa shape index (κ3) is 2.85. The van der Waals surface area contributed by atoms with E-state index in [2.05, 4.69) is 10.2 Å². The second kappa shape index (κ2) is 5.83. The number of aromatic nitrogens is 2. The monoisotopic (exact) mass is 275 g/mol. The Balaban J connectivity index is 2.51. The summed E-state index contributed by atoms with van der Waals surface area (Å²) in [6, 6.07) is 7.28. The van der Waals surface area contributed by atoms with E-state index in [-0.39, 0.29) is 5.69 Å². The topological polar surface area (TPSA) is 86.5 Å². The molecule has 1 heterocycles. The number of carbonyl (C=O) groups is 1. The fourth-order valence-corrected chi connectivity index (χ4v) is 2.06. The molecule has 106 valence electrons. The predicted molar refractivity (Wildman–Crippen MR) is 76.1 cm³/mol. The Kier molecular flexibility index (Phi) is 4.14. The molecule has 1 aromatic carbocycles. The minimum absolute atomic E-state index is 0.0724. The maximum absolute atomic E-state index is 11.3. The maximum Gasteiger partial charge on any atom is 0.358 e. The zero-order valence-corrected chi connectivity index (χ0v) is 11.4. The molecule has 2 N–H and O–H groups in total. The van der Waals surface area contributed by atoms with Crippen LogP contribution in [-0.4, -0.2) is 46.1 Å². The minimum Gasteiger partial charge on any atom is -0.476 e. The number of aliphatic hydroxyl groups excluding tert-OH is 1. The molecule has 1 unspecified atom stereocenters. The molecule has 0 saturated carbocycles. The van der Waals surface area contributed by atoms with Crippen LogP contribution in [0.2, 0.25) is 0 Å². The van der Waals surface area contributed by atoms with Crippen molar-refractivity contribution in [1.29, 1.82) is 0 Å². The van der Waals surface area contributed by atoms with E-state index >= 15 is 0 Å². The molecule has 0 spiro atoms. The molecule has 0 bridgehead atoms. The number of hydrogen-bond donors (Lipinski definition) is 2. The number of carboxylic acid groups (broad SMARTS) is 1. The molecular weight excluding hydrogens is 258 g/mol. The molecule has 20 heavy (non-hydrogen) atoms. The Morgan fingerprint density at radius 3 is 2.70 bits per heavy atom. The van der Waals surface area contributed by atoms with Crippen molar-refractivity contribution in [3.63, 3.8) is 0 Å². The summed E-state index contributed by atoms with van der Waals surface area (Å²) in [7, 11) is 1.79. The summed E-state index contributed by atoms with van der Waals surface area (Å²) < 4.78 is 0. The average molecular weight is 275 g/mol. The number of hydrogen-bond acceptors (Lipinski definition) is 5. The van der Waals surface area contributed by atoms with Crippen molar-refractivity contribution in [2.45, 2.75) is 19.4 Å². The number of nitrogens with zero attached hydrogens (tertiary/aromatic N) is 3. The van der Waals surface area contributed by atoms with Gasteiger partial charge in [0.05, 0.1) is 17.3 Å². The number of anilines is 1. The first-order chi connectivity index (χ1) is 9.50. The molecule has 1 aromatic heterocycles. The van der Waals surface area contributed by atoms with Crippen LogP contribution < -0.4 is 4.90 Å². The van der Waals surface area contributed by atoms with Crippen molar-refractivity contribution in [3.8, 4) is 0 Å². The Morgan fingerprint density at radius 2 is 2.05 bits per heavy atom. The highest BCUT2D eigenvalue weighted by atomic mass is 16.4. The van der Waals surface area contributed by atoms with Crippen molar-refractivity contribution in [2.75, 3.05) is 18.5 Å². The summed E-state index contributed by atoms with van der Waals surface area (Å²) in [6.45, 7) is 2.24. The van der Waals surface area contributed by atoms with Gasteiger partial charge in [0.1, 0.15) is 0 Å². The average Bonchev–Trinajstić information content (AvgIpc) is 2.43. The molecule has 6 nitrogen and oxygen atoms in total. The highest BCUT2D eigenvalue weighted by Gasteiger charge is 2.19. The molecule has 0 aliphatic heterocycles. The number of fused-ring (bicyclic) bond motifs is 1. The van der Waals surface area contributed by atoms with Gasteiger partial charge in [-0.1, -0.05) is 18.2 Å². The van der Waals surface area contributed by atoms with Gasteiger partial charge in [-0.2, -0.15) is 0 Å². The molecule has 0 amide bonds. The lowest BCUT2D eigenvalue weighted by atomic mass is 10.1. The van der Waals surface area contributed by atoms with Crippen LogP contribution in [-0.2, 0) is 0 Å².